The zero-order valence-corrected chi connectivity index (χ0v) is 16.5. The second-order valence-corrected chi connectivity index (χ2v) is 9.11. The van der Waals surface area contributed by atoms with E-state index in [1.807, 2.05) is 29.2 Å². The van der Waals surface area contributed by atoms with Gasteiger partial charge < -0.3 is 10.2 Å². The van der Waals surface area contributed by atoms with Crippen LogP contribution in [0, 0.1) is 0 Å². The highest BCUT2D eigenvalue weighted by molar-refractivity contribution is 7.99. The number of carbonyl (C=O) groups is 1. The number of rotatable bonds is 3. The molecule has 2 saturated heterocycles. The van der Waals surface area contributed by atoms with Crippen LogP contribution in [0.4, 0.5) is 11.4 Å². The van der Waals surface area contributed by atoms with Gasteiger partial charge in [-0.1, -0.05) is 36.0 Å². The molecule has 0 radical (unpaired) electrons. The number of carbonyl (C=O) groups excluding carboxylic acids is 1. The zero-order valence-electron chi connectivity index (χ0n) is 15.7. The summed E-state index contributed by atoms with van der Waals surface area (Å²) in [7, 11) is 2.34. The van der Waals surface area contributed by atoms with E-state index in [0.717, 1.165) is 33.2 Å². The molecule has 2 unspecified atom stereocenters. The molecule has 2 aromatic carbocycles. The fourth-order valence-corrected chi connectivity index (χ4v) is 6.09. The van der Waals surface area contributed by atoms with Crippen LogP contribution in [-0.2, 0) is 4.79 Å². The van der Waals surface area contributed by atoms with Crippen LogP contribution in [0.1, 0.15) is 25.7 Å². The molecular weight excluding hydrogens is 354 g/mol. The van der Waals surface area contributed by atoms with Crippen molar-refractivity contribution in [3.8, 4) is 0 Å². The first-order valence-electron chi connectivity index (χ1n) is 9.96. The number of hydrogen-bond acceptors (Lipinski definition) is 3. The molecule has 3 aliphatic heterocycles. The Labute approximate surface area is 164 Å². The average Bonchev–Trinajstić information content (AvgIpc) is 2.91. The summed E-state index contributed by atoms with van der Waals surface area (Å²) in [6.07, 6.45) is 5.07. The Hall–Kier alpha value is -1.82. The lowest BCUT2D eigenvalue weighted by molar-refractivity contribution is -0.922. The standard InChI is InChI=1S/C22H25N3OS/c1-24-16-10-11-17(24)13-15(12-16)23-14-22(26)25-18-6-2-4-8-20(18)27-21-9-5-3-7-19(21)25/h2-9,15-17,23H,10-14H2,1H3/p+1. The molecule has 5 rings (SSSR count). The van der Waals surface area contributed by atoms with Gasteiger partial charge in [0, 0.05) is 41.5 Å². The van der Waals surface area contributed by atoms with E-state index in [1.165, 1.54) is 25.7 Å². The predicted molar refractivity (Wildman–Crippen MR) is 109 cm³/mol. The number of nitrogens with zero attached hydrogens (tertiary/aromatic N) is 1. The van der Waals surface area contributed by atoms with Crippen LogP contribution >= 0.6 is 11.8 Å². The second-order valence-electron chi connectivity index (χ2n) is 8.03. The molecule has 0 spiro atoms. The smallest absolute Gasteiger partial charge is 0.245 e. The van der Waals surface area contributed by atoms with E-state index in [1.54, 1.807) is 16.7 Å². The number of anilines is 2. The second kappa shape index (κ2) is 6.97. The molecule has 2 atom stereocenters. The van der Waals surface area contributed by atoms with Gasteiger partial charge in [0.15, 0.2) is 0 Å². The van der Waals surface area contributed by atoms with Crippen molar-refractivity contribution in [1.29, 1.82) is 0 Å². The number of benzene rings is 2. The largest absolute Gasteiger partial charge is 0.332 e. The molecule has 3 heterocycles. The number of piperidine rings is 1. The molecule has 140 valence electrons. The lowest BCUT2D eigenvalue weighted by Crippen LogP contribution is -3.15. The van der Waals surface area contributed by atoms with Crippen LogP contribution < -0.4 is 15.1 Å². The van der Waals surface area contributed by atoms with Gasteiger partial charge in [-0.25, -0.2) is 0 Å². The lowest BCUT2D eigenvalue weighted by Gasteiger charge is -2.35. The first kappa shape index (κ1) is 17.3. The Morgan fingerprint density at radius 1 is 1.04 bits per heavy atom. The van der Waals surface area contributed by atoms with Crippen molar-refractivity contribution in [2.45, 2.75) is 53.6 Å². The fourth-order valence-electron chi connectivity index (χ4n) is 5.03. The van der Waals surface area contributed by atoms with Gasteiger partial charge in [-0.05, 0) is 24.3 Å². The molecule has 1 amide bonds. The number of hydrogen-bond donors (Lipinski definition) is 2. The highest BCUT2D eigenvalue weighted by Crippen LogP contribution is 2.47. The van der Waals surface area contributed by atoms with Gasteiger partial charge in [-0.3, -0.25) is 9.69 Å². The summed E-state index contributed by atoms with van der Waals surface area (Å²) in [4.78, 5) is 19.2. The van der Waals surface area contributed by atoms with Gasteiger partial charge in [0.2, 0.25) is 5.91 Å². The van der Waals surface area contributed by atoms with Crippen LogP contribution in [0.2, 0.25) is 0 Å². The van der Waals surface area contributed by atoms with Crippen molar-refractivity contribution in [3.63, 3.8) is 0 Å². The van der Waals surface area contributed by atoms with Gasteiger partial charge in [-0.15, -0.1) is 0 Å². The minimum absolute atomic E-state index is 0.133. The molecule has 0 aliphatic carbocycles. The minimum atomic E-state index is 0.133. The molecule has 2 aromatic rings. The molecule has 3 aliphatic rings. The predicted octanol–water partition coefficient (Wildman–Crippen LogP) is 2.61. The highest BCUT2D eigenvalue weighted by Gasteiger charge is 2.42. The SMILES string of the molecule is C[NH+]1C2CCC1CC(NCC(=O)N1c3ccccc3Sc3ccccc31)C2. The lowest BCUT2D eigenvalue weighted by atomic mass is 9.98. The van der Waals surface area contributed by atoms with Gasteiger partial charge in [-0.2, -0.15) is 0 Å². The molecule has 2 bridgehead atoms. The van der Waals surface area contributed by atoms with E-state index in [4.69, 9.17) is 0 Å². The minimum Gasteiger partial charge on any atom is -0.332 e. The van der Waals surface area contributed by atoms with Crippen LogP contribution in [0.3, 0.4) is 0 Å². The third kappa shape index (κ3) is 3.08. The van der Waals surface area contributed by atoms with E-state index in [9.17, 15) is 4.79 Å². The summed E-state index contributed by atoms with van der Waals surface area (Å²) in [6, 6.07) is 18.4. The highest BCUT2D eigenvalue weighted by atomic mass is 32.2. The summed E-state index contributed by atoms with van der Waals surface area (Å²) in [5.41, 5.74) is 2.00. The molecule has 2 fully saturated rings. The monoisotopic (exact) mass is 380 g/mol. The zero-order chi connectivity index (χ0) is 18.4. The quantitative estimate of drug-likeness (QED) is 0.860. The van der Waals surface area contributed by atoms with E-state index in [-0.39, 0.29) is 5.91 Å². The molecular formula is C22H26N3OS+. The molecule has 27 heavy (non-hydrogen) atoms. The van der Waals surface area contributed by atoms with Crippen LogP contribution in [0.15, 0.2) is 58.3 Å². The van der Waals surface area contributed by atoms with E-state index >= 15 is 0 Å². The van der Waals surface area contributed by atoms with E-state index in [0.29, 0.717) is 12.6 Å². The topological polar surface area (TPSA) is 36.8 Å². The van der Waals surface area contributed by atoms with Crippen molar-refractivity contribution < 1.29 is 9.69 Å². The third-order valence-electron chi connectivity index (χ3n) is 6.51. The van der Waals surface area contributed by atoms with Gasteiger partial charge >= 0.3 is 0 Å². The Bertz CT molecular complexity index is 811. The first-order valence-corrected chi connectivity index (χ1v) is 10.8. The Balaban J connectivity index is 1.35. The summed E-state index contributed by atoms with van der Waals surface area (Å²) in [5, 5.41) is 3.59. The van der Waals surface area contributed by atoms with Gasteiger partial charge in [0.1, 0.15) is 0 Å². The maximum atomic E-state index is 13.3. The van der Waals surface area contributed by atoms with Crippen molar-refractivity contribution >= 4 is 29.0 Å². The van der Waals surface area contributed by atoms with E-state index in [2.05, 4.69) is 36.6 Å². The first-order chi connectivity index (χ1) is 13.2. The number of quaternary nitrogens is 1. The van der Waals surface area contributed by atoms with Crippen molar-refractivity contribution in [2.75, 3.05) is 18.5 Å². The maximum absolute atomic E-state index is 13.3. The molecule has 4 nitrogen and oxygen atoms in total. The summed E-state index contributed by atoms with van der Waals surface area (Å²) >= 11 is 1.74. The Morgan fingerprint density at radius 2 is 1.59 bits per heavy atom. The summed E-state index contributed by atoms with van der Waals surface area (Å²) < 4.78 is 0. The maximum Gasteiger partial charge on any atom is 0.245 e. The van der Waals surface area contributed by atoms with Crippen LogP contribution in [-0.4, -0.2) is 37.6 Å². The van der Waals surface area contributed by atoms with Gasteiger partial charge in [0.05, 0.1) is 37.1 Å². The molecule has 0 aromatic heterocycles. The number of nitrogens with one attached hydrogen (secondary N) is 2. The Kier molecular flexibility index (Phi) is 4.46. The summed E-state index contributed by atoms with van der Waals surface area (Å²) in [6.45, 7) is 0.399. The fraction of sp³-hybridized carbons (Fsp3) is 0.409. The van der Waals surface area contributed by atoms with E-state index < -0.39 is 0 Å². The summed E-state index contributed by atoms with van der Waals surface area (Å²) in [5.74, 6) is 0.133. The molecule has 5 heteroatoms. The van der Waals surface area contributed by atoms with Crippen molar-refractivity contribution in [2.24, 2.45) is 0 Å². The van der Waals surface area contributed by atoms with Gasteiger partial charge in [0.25, 0.3) is 0 Å². The van der Waals surface area contributed by atoms with Crippen molar-refractivity contribution in [3.05, 3.63) is 48.5 Å². The normalized spacial score (nSPS) is 28.6. The van der Waals surface area contributed by atoms with Crippen LogP contribution in [0.5, 0.6) is 0 Å². The molecule has 2 N–H and O–H groups in total. The number of amides is 1. The number of para-hydroxylation sites is 2. The Morgan fingerprint density at radius 3 is 2.19 bits per heavy atom. The third-order valence-corrected chi connectivity index (χ3v) is 7.64. The average molecular weight is 381 g/mol. The van der Waals surface area contributed by atoms with Crippen LogP contribution in [0.25, 0.3) is 0 Å². The molecule has 0 saturated carbocycles. The van der Waals surface area contributed by atoms with Crippen molar-refractivity contribution in [1.82, 2.24) is 5.32 Å². The number of fused-ring (bicyclic) bond motifs is 4.